The molecular formula is C20H20FN3O2. The average molecular weight is 353 g/mol. The van der Waals surface area contributed by atoms with E-state index in [2.05, 4.69) is 4.98 Å². The van der Waals surface area contributed by atoms with Crippen LogP contribution in [-0.4, -0.2) is 41.3 Å². The molecule has 0 radical (unpaired) electrons. The summed E-state index contributed by atoms with van der Waals surface area (Å²) < 4.78 is 13.3. The first-order chi connectivity index (χ1) is 12.6. The zero-order valence-electron chi connectivity index (χ0n) is 14.4. The zero-order valence-corrected chi connectivity index (χ0v) is 14.4. The van der Waals surface area contributed by atoms with Crippen LogP contribution in [0.25, 0.3) is 0 Å². The molecular weight excluding hydrogens is 333 g/mol. The van der Waals surface area contributed by atoms with Gasteiger partial charge in [0.25, 0.3) is 0 Å². The number of carbonyl (C=O) groups is 2. The van der Waals surface area contributed by atoms with Gasteiger partial charge in [-0.15, -0.1) is 0 Å². The highest BCUT2D eigenvalue weighted by Gasteiger charge is 2.51. The predicted octanol–water partition coefficient (Wildman–Crippen LogP) is 2.42. The normalized spacial score (nSPS) is 22.4. The number of benzene rings is 1. The number of hydrogen-bond donors (Lipinski definition) is 0. The molecule has 0 unspecified atom stereocenters. The fourth-order valence-electron chi connectivity index (χ4n) is 3.98. The lowest BCUT2D eigenvalue weighted by Gasteiger charge is -2.23. The van der Waals surface area contributed by atoms with E-state index < -0.39 is 5.41 Å². The van der Waals surface area contributed by atoms with Crippen molar-refractivity contribution in [1.82, 2.24) is 9.88 Å². The van der Waals surface area contributed by atoms with E-state index in [4.69, 9.17) is 0 Å². The Morgan fingerprint density at radius 3 is 2.81 bits per heavy atom. The summed E-state index contributed by atoms with van der Waals surface area (Å²) >= 11 is 0. The number of pyridine rings is 1. The van der Waals surface area contributed by atoms with Crippen LogP contribution in [0.4, 0.5) is 10.1 Å². The molecule has 4 rings (SSSR count). The second-order valence-corrected chi connectivity index (χ2v) is 7.07. The van der Waals surface area contributed by atoms with Gasteiger partial charge >= 0.3 is 0 Å². The Morgan fingerprint density at radius 2 is 2.04 bits per heavy atom. The summed E-state index contributed by atoms with van der Waals surface area (Å²) in [5, 5.41) is 0. The summed E-state index contributed by atoms with van der Waals surface area (Å²) in [5.74, 6) is -0.321. The van der Waals surface area contributed by atoms with Gasteiger partial charge in [0.15, 0.2) is 0 Å². The number of nitrogens with zero attached hydrogens (tertiary/aromatic N) is 3. The average Bonchev–Trinajstić information content (AvgIpc) is 3.21. The molecule has 134 valence electrons. The summed E-state index contributed by atoms with van der Waals surface area (Å²) in [6, 6.07) is 9.80. The predicted molar refractivity (Wildman–Crippen MR) is 94.9 cm³/mol. The van der Waals surface area contributed by atoms with E-state index in [9.17, 15) is 14.0 Å². The summed E-state index contributed by atoms with van der Waals surface area (Å²) in [5.41, 5.74) is 0.970. The SMILES string of the molecule is O=C(Cc1cccc(F)c1)N1CC[C@]2(CCN(c3cccnc3)C2=O)C1. The highest BCUT2D eigenvalue weighted by molar-refractivity contribution is 6.00. The summed E-state index contributed by atoms with van der Waals surface area (Å²) in [6.07, 6.45) is 4.96. The monoisotopic (exact) mass is 353 g/mol. The Morgan fingerprint density at radius 1 is 1.19 bits per heavy atom. The largest absolute Gasteiger partial charge is 0.341 e. The number of halogens is 1. The van der Waals surface area contributed by atoms with Crippen molar-refractivity contribution in [2.75, 3.05) is 24.5 Å². The van der Waals surface area contributed by atoms with Crippen LogP contribution in [0.3, 0.4) is 0 Å². The molecule has 2 fully saturated rings. The Balaban J connectivity index is 1.45. The smallest absolute Gasteiger partial charge is 0.235 e. The molecule has 2 amide bonds. The number of likely N-dealkylation sites (tertiary alicyclic amines) is 1. The number of rotatable bonds is 3. The molecule has 0 bridgehead atoms. The van der Waals surface area contributed by atoms with E-state index in [-0.39, 0.29) is 24.1 Å². The van der Waals surface area contributed by atoms with Crippen LogP contribution in [0.1, 0.15) is 18.4 Å². The van der Waals surface area contributed by atoms with Gasteiger partial charge in [-0.25, -0.2) is 4.39 Å². The lowest BCUT2D eigenvalue weighted by molar-refractivity contribution is -0.130. The van der Waals surface area contributed by atoms with Gasteiger partial charge in [-0.3, -0.25) is 14.6 Å². The highest BCUT2D eigenvalue weighted by Crippen LogP contribution is 2.42. The molecule has 5 nitrogen and oxygen atoms in total. The minimum atomic E-state index is -0.493. The first kappa shape index (κ1) is 16.7. The molecule has 1 atom stereocenters. The van der Waals surface area contributed by atoms with Crippen molar-refractivity contribution >= 4 is 17.5 Å². The fraction of sp³-hybridized carbons (Fsp3) is 0.350. The van der Waals surface area contributed by atoms with Crippen LogP contribution in [-0.2, 0) is 16.0 Å². The molecule has 2 saturated heterocycles. The number of carbonyl (C=O) groups excluding carboxylic acids is 2. The van der Waals surface area contributed by atoms with Gasteiger partial charge in [-0.1, -0.05) is 12.1 Å². The van der Waals surface area contributed by atoms with Crippen molar-refractivity contribution in [1.29, 1.82) is 0 Å². The summed E-state index contributed by atoms with van der Waals surface area (Å²) in [7, 11) is 0. The molecule has 2 aromatic rings. The summed E-state index contributed by atoms with van der Waals surface area (Å²) in [6.45, 7) is 1.66. The Bertz CT molecular complexity index is 842. The Kier molecular flexibility index (Phi) is 4.18. The van der Waals surface area contributed by atoms with Crippen LogP contribution in [0.15, 0.2) is 48.8 Å². The molecule has 2 aliphatic heterocycles. The first-order valence-electron chi connectivity index (χ1n) is 8.82. The third-order valence-electron chi connectivity index (χ3n) is 5.42. The second kappa shape index (κ2) is 6.52. The maximum atomic E-state index is 13.3. The standard InChI is InChI=1S/C20H20FN3O2/c21-16-4-1-3-15(11-16)12-18(25)23-9-6-20(14-23)7-10-24(19(20)26)17-5-2-8-22-13-17/h1-5,8,11,13H,6-7,9-10,12,14H2/t20-/m0/s1. The van der Waals surface area contributed by atoms with E-state index in [1.807, 2.05) is 12.1 Å². The first-order valence-corrected chi connectivity index (χ1v) is 8.82. The van der Waals surface area contributed by atoms with Crippen LogP contribution >= 0.6 is 0 Å². The van der Waals surface area contributed by atoms with Gasteiger partial charge in [0.1, 0.15) is 5.82 Å². The summed E-state index contributed by atoms with van der Waals surface area (Å²) in [4.78, 5) is 33.2. The van der Waals surface area contributed by atoms with Crippen LogP contribution < -0.4 is 4.90 Å². The topological polar surface area (TPSA) is 53.5 Å². The van der Waals surface area contributed by atoms with Gasteiger partial charge in [0, 0.05) is 25.8 Å². The molecule has 0 aliphatic carbocycles. The van der Waals surface area contributed by atoms with Gasteiger partial charge in [0.05, 0.1) is 23.7 Å². The molecule has 1 aromatic heterocycles. The number of hydrogen-bond acceptors (Lipinski definition) is 3. The van der Waals surface area contributed by atoms with Crippen molar-refractivity contribution in [3.05, 3.63) is 60.2 Å². The third-order valence-corrected chi connectivity index (χ3v) is 5.42. The molecule has 0 saturated carbocycles. The Labute approximate surface area is 151 Å². The van der Waals surface area contributed by atoms with Gasteiger partial charge in [-0.2, -0.15) is 0 Å². The van der Waals surface area contributed by atoms with Gasteiger partial charge < -0.3 is 9.80 Å². The van der Waals surface area contributed by atoms with Crippen molar-refractivity contribution in [3.63, 3.8) is 0 Å². The van der Waals surface area contributed by atoms with Crippen molar-refractivity contribution < 1.29 is 14.0 Å². The van der Waals surface area contributed by atoms with E-state index in [0.29, 0.717) is 31.6 Å². The zero-order chi connectivity index (χ0) is 18.1. The quantitative estimate of drug-likeness (QED) is 0.852. The maximum Gasteiger partial charge on any atom is 0.235 e. The van der Waals surface area contributed by atoms with Crippen molar-refractivity contribution in [2.24, 2.45) is 5.41 Å². The molecule has 2 aliphatic rings. The second-order valence-electron chi connectivity index (χ2n) is 7.07. The van der Waals surface area contributed by atoms with Gasteiger partial charge in [0.2, 0.25) is 11.8 Å². The van der Waals surface area contributed by atoms with Crippen LogP contribution in [0.5, 0.6) is 0 Å². The Hall–Kier alpha value is -2.76. The molecule has 1 spiro atoms. The van der Waals surface area contributed by atoms with Crippen molar-refractivity contribution in [2.45, 2.75) is 19.3 Å². The molecule has 26 heavy (non-hydrogen) atoms. The number of aromatic nitrogens is 1. The molecule has 3 heterocycles. The van der Waals surface area contributed by atoms with Crippen LogP contribution in [0, 0.1) is 11.2 Å². The molecule has 1 aromatic carbocycles. The maximum absolute atomic E-state index is 13.3. The highest BCUT2D eigenvalue weighted by atomic mass is 19.1. The van der Waals surface area contributed by atoms with Crippen molar-refractivity contribution in [3.8, 4) is 0 Å². The molecule has 6 heteroatoms. The van der Waals surface area contributed by atoms with E-state index in [1.54, 1.807) is 34.3 Å². The minimum absolute atomic E-state index is 0.0555. The minimum Gasteiger partial charge on any atom is -0.341 e. The third kappa shape index (κ3) is 2.96. The van der Waals surface area contributed by atoms with E-state index in [0.717, 1.165) is 12.1 Å². The van der Waals surface area contributed by atoms with E-state index in [1.165, 1.54) is 12.1 Å². The fourth-order valence-corrected chi connectivity index (χ4v) is 3.98. The lowest BCUT2D eigenvalue weighted by Crippen LogP contribution is -2.38. The lowest BCUT2D eigenvalue weighted by atomic mass is 9.85. The molecule has 0 N–H and O–H groups in total. The van der Waals surface area contributed by atoms with E-state index >= 15 is 0 Å². The van der Waals surface area contributed by atoms with Crippen LogP contribution in [0.2, 0.25) is 0 Å². The number of amides is 2. The van der Waals surface area contributed by atoms with Gasteiger partial charge in [-0.05, 0) is 42.7 Å². The number of anilines is 1.